The number of aromatic nitrogens is 8. The first-order valence-electron chi connectivity index (χ1n) is 19.6. The summed E-state index contributed by atoms with van der Waals surface area (Å²) in [6.07, 6.45) is -6.29. The zero-order valence-corrected chi connectivity index (χ0v) is 37.3. The maximum atomic E-state index is 15.2. The third-order valence-electron chi connectivity index (χ3n) is 10.4. The molecule has 30 heteroatoms. The number of esters is 1. The molecule has 0 amide bonds. The van der Waals surface area contributed by atoms with E-state index in [4.69, 9.17) is 54.0 Å². The van der Waals surface area contributed by atoms with E-state index < -0.39 is 81.9 Å². The summed E-state index contributed by atoms with van der Waals surface area (Å²) < 4.78 is 79.2. The molecule has 3 aliphatic heterocycles. The Morgan fingerprint density at radius 2 is 1.45 bits per heavy atom. The quantitative estimate of drug-likeness (QED) is 0.0178. The summed E-state index contributed by atoms with van der Waals surface area (Å²) in [7, 11) is 0. The van der Waals surface area contributed by atoms with Crippen LogP contribution >= 0.6 is 37.2 Å². The number of carbonyl (C=O) groups is 1. The van der Waals surface area contributed by atoms with Crippen LogP contribution in [0.15, 0.2) is 79.0 Å². The van der Waals surface area contributed by atoms with Crippen molar-refractivity contribution in [3.63, 3.8) is 0 Å². The number of azide groups is 1. The number of carbonyl (C=O) groups excluding carboxylic acids is 1. The minimum Gasteiger partial charge on any atom is -0.493 e. The Bertz CT molecular complexity index is 2890. The second-order valence-electron chi connectivity index (χ2n) is 14.6. The summed E-state index contributed by atoms with van der Waals surface area (Å²) in [6, 6.07) is 12.6. The van der Waals surface area contributed by atoms with Crippen LogP contribution in [0.2, 0.25) is 0 Å². The highest BCUT2D eigenvalue weighted by molar-refractivity contribution is 8.54. The topological polar surface area (TPSA) is 354 Å². The Morgan fingerprint density at radius 3 is 2.12 bits per heavy atom. The van der Waals surface area contributed by atoms with E-state index in [0.717, 1.165) is 11.4 Å². The lowest BCUT2D eigenvalue weighted by atomic mass is 10.1. The number of anilines is 2. The van der Waals surface area contributed by atoms with Crippen molar-refractivity contribution in [3.8, 4) is 11.5 Å². The van der Waals surface area contributed by atoms with Crippen molar-refractivity contribution in [2.24, 2.45) is 5.11 Å². The first-order valence-corrected chi connectivity index (χ1v) is 25.4. The summed E-state index contributed by atoms with van der Waals surface area (Å²) in [5, 5.41) is 26.8. The Balaban J connectivity index is 0.974. The van der Waals surface area contributed by atoms with Gasteiger partial charge < -0.3 is 40.6 Å². The smallest absolute Gasteiger partial charge is 0.390 e. The molecular weight excluding hydrogens is 949 g/mol. The van der Waals surface area contributed by atoms with E-state index in [2.05, 4.69) is 52.2 Å². The molecule has 4 aromatic heterocycles. The molecule has 0 unspecified atom stereocenters. The van der Waals surface area contributed by atoms with Gasteiger partial charge in [-0.05, 0) is 58.9 Å². The highest BCUT2D eigenvalue weighted by atomic mass is 32.7. The van der Waals surface area contributed by atoms with Gasteiger partial charge in [0.1, 0.15) is 71.8 Å². The maximum absolute atomic E-state index is 15.2. The Kier molecular flexibility index (Phi) is 13.2. The summed E-state index contributed by atoms with van der Waals surface area (Å²) in [5.74, 6) is 0.151. The molecule has 10 atom stereocenters. The lowest BCUT2D eigenvalue weighted by Gasteiger charge is -2.28. The SMILES string of the molecule is [N-]=[N+]=NCCOc1ccc(C(=O)Oc2ccc(CS[P@]3(=O)OC[C@H]4O[C@@H](n5cnc6c(N)ncnc65)[C@H](O)[C@@H]4O[P@](=O)(S)OC[C@H]4O[C@@H](n5cnc6c(N)ncnc65)[C@H](O3)[C@@H]4O)cc2)cc1. The van der Waals surface area contributed by atoms with Crippen LogP contribution < -0.4 is 20.9 Å². The number of aliphatic hydroxyl groups excluding tert-OH is 2. The predicted molar refractivity (Wildman–Crippen MR) is 234 cm³/mol. The van der Waals surface area contributed by atoms with Crippen LogP contribution in [-0.2, 0) is 42.5 Å². The third kappa shape index (κ3) is 9.55. The molecule has 6 aromatic rings. The highest BCUT2D eigenvalue weighted by Crippen LogP contribution is 2.65. The largest absolute Gasteiger partial charge is 0.493 e. The summed E-state index contributed by atoms with van der Waals surface area (Å²) in [6.45, 7) is -9.77. The Labute approximate surface area is 380 Å². The summed E-state index contributed by atoms with van der Waals surface area (Å²) >= 11 is 4.91. The predicted octanol–water partition coefficient (Wildman–Crippen LogP) is 4.15. The van der Waals surface area contributed by atoms with Gasteiger partial charge in [-0.1, -0.05) is 29.5 Å². The number of nitrogens with two attached hydrogens (primary N) is 2. The molecular formula is C36H37N13O13P2S2. The van der Waals surface area contributed by atoms with E-state index >= 15 is 4.57 Å². The molecule has 26 nitrogen and oxygen atoms in total. The van der Waals surface area contributed by atoms with Gasteiger partial charge >= 0.3 is 19.6 Å². The van der Waals surface area contributed by atoms with Gasteiger partial charge in [0.25, 0.3) is 0 Å². The number of ether oxygens (including phenoxy) is 4. The zero-order chi connectivity index (χ0) is 46.2. The van der Waals surface area contributed by atoms with Crippen molar-refractivity contribution in [2.75, 3.05) is 37.8 Å². The van der Waals surface area contributed by atoms with Gasteiger partial charge in [-0.15, -0.1) is 0 Å². The van der Waals surface area contributed by atoms with E-state index in [1.54, 1.807) is 36.4 Å². The monoisotopic (exact) mass is 985 g/mol. The fourth-order valence-corrected chi connectivity index (χ4v) is 12.0. The van der Waals surface area contributed by atoms with Crippen molar-refractivity contribution in [1.29, 1.82) is 0 Å². The number of hydrogen-bond acceptors (Lipinski definition) is 23. The number of benzene rings is 2. The van der Waals surface area contributed by atoms with Gasteiger partial charge in [-0.2, -0.15) is 0 Å². The van der Waals surface area contributed by atoms with Crippen molar-refractivity contribution in [2.45, 2.75) is 54.8 Å². The Morgan fingerprint density at radius 1 is 0.833 bits per heavy atom. The number of fused-ring (bicyclic) bond motifs is 5. The summed E-state index contributed by atoms with van der Waals surface area (Å²) in [5.41, 5.74) is 22.1. The number of thiol groups is 1. The van der Waals surface area contributed by atoms with E-state index in [-0.39, 0.29) is 64.2 Å². The van der Waals surface area contributed by atoms with Crippen LogP contribution in [0.3, 0.4) is 0 Å². The van der Waals surface area contributed by atoms with Crippen molar-refractivity contribution >= 4 is 77.2 Å². The van der Waals surface area contributed by atoms with Crippen LogP contribution in [0.1, 0.15) is 28.4 Å². The average Bonchev–Trinajstić information content (AvgIpc) is 4.08. The standard InChI is InChI=1S/C36H37N13O13P2S2/c37-30-24-32(42-14-40-30)48(16-44-24)34-27(51)28-23(60-34)12-57-64(54,66-13-18-1-5-21(6-2-18)58-36(52)19-3-7-20(8-4-19)55-10-9-46-47-39)62-29-26(50)22(11-56-63(53,65)61-28)59-35(29)49-17-45-25-31(38)41-15-43-33(25)49/h1-8,14-17,22-23,26-29,34-35,50-51H,9-13H2,(H,53,65)(H2,37,40,42)(H2,38,41,43)/t22-,23-,26-,27-,28-,29-,34-,35-,63-,64-/m1/s1. The molecule has 0 spiro atoms. The van der Waals surface area contributed by atoms with E-state index in [1.807, 2.05) is 0 Å². The van der Waals surface area contributed by atoms with Crippen LogP contribution in [-0.4, -0.2) is 118 Å². The number of nitrogens with zero attached hydrogens (tertiary/aromatic N) is 11. The second kappa shape index (κ2) is 19.0. The first kappa shape index (κ1) is 45.7. The van der Waals surface area contributed by atoms with Gasteiger partial charge in [-0.25, -0.2) is 43.8 Å². The average molecular weight is 986 g/mol. The van der Waals surface area contributed by atoms with Crippen molar-refractivity contribution < 1.29 is 61.2 Å². The number of imidazole rings is 2. The fourth-order valence-electron chi connectivity index (χ4n) is 7.19. The molecule has 0 radical (unpaired) electrons. The van der Waals surface area contributed by atoms with Crippen LogP contribution in [0.5, 0.6) is 11.5 Å². The number of hydrogen-bond donors (Lipinski definition) is 5. The number of rotatable bonds is 11. The lowest BCUT2D eigenvalue weighted by Crippen LogP contribution is -2.36. The van der Waals surface area contributed by atoms with E-state index in [1.165, 1.54) is 46.6 Å². The van der Waals surface area contributed by atoms with Crippen LogP contribution in [0.4, 0.5) is 11.6 Å². The van der Waals surface area contributed by atoms with E-state index in [0.29, 0.717) is 11.3 Å². The van der Waals surface area contributed by atoms with Gasteiger partial charge in [0.2, 0.25) is 0 Å². The lowest BCUT2D eigenvalue weighted by molar-refractivity contribution is -0.0575. The minimum absolute atomic E-state index is 0.0179. The molecule has 9 rings (SSSR count). The molecule has 3 fully saturated rings. The van der Waals surface area contributed by atoms with Gasteiger partial charge in [0, 0.05) is 10.7 Å². The summed E-state index contributed by atoms with van der Waals surface area (Å²) in [4.78, 5) is 40.5. The molecule has 0 aliphatic carbocycles. The molecule has 3 aliphatic rings. The minimum atomic E-state index is -4.49. The van der Waals surface area contributed by atoms with Gasteiger partial charge in [-0.3, -0.25) is 27.2 Å². The highest BCUT2D eigenvalue weighted by Gasteiger charge is 2.54. The maximum Gasteiger partial charge on any atom is 0.390 e. The van der Waals surface area contributed by atoms with Crippen molar-refractivity contribution in [1.82, 2.24) is 39.0 Å². The molecule has 2 bridgehead atoms. The zero-order valence-electron chi connectivity index (χ0n) is 33.8. The molecule has 0 saturated carbocycles. The van der Waals surface area contributed by atoms with Gasteiger partial charge in [0.05, 0.1) is 44.6 Å². The van der Waals surface area contributed by atoms with Gasteiger partial charge in [0.15, 0.2) is 35.4 Å². The second-order valence-corrected chi connectivity index (χ2v) is 21.5. The molecule has 2 aromatic carbocycles. The third-order valence-corrected chi connectivity index (χ3v) is 15.7. The number of nitrogen functional groups attached to an aromatic ring is 2. The van der Waals surface area contributed by atoms with Crippen molar-refractivity contribution in [3.05, 3.63) is 95.4 Å². The molecule has 3 saturated heterocycles. The fraction of sp³-hybridized carbons (Fsp3) is 0.361. The van der Waals surface area contributed by atoms with E-state index in [9.17, 15) is 19.6 Å². The first-order chi connectivity index (χ1) is 31.8. The van der Waals surface area contributed by atoms with Crippen LogP contribution in [0, 0.1) is 0 Å². The Hall–Kier alpha value is -5.44. The number of aliphatic hydroxyl groups is 2. The normalized spacial score (nSPS) is 29.0. The molecule has 66 heavy (non-hydrogen) atoms. The van der Waals surface area contributed by atoms with Crippen LogP contribution in [0.25, 0.3) is 32.8 Å². The molecule has 6 N–H and O–H groups in total. The molecule has 346 valence electrons. The molecule has 7 heterocycles.